The fraction of sp³-hybridized carbons (Fsp3) is 0.667. The molecule has 4 heteroatoms. The molecule has 0 aliphatic carbocycles. The van der Waals surface area contributed by atoms with Crippen LogP contribution < -0.4 is 0 Å². The van der Waals surface area contributed by atoms with E-state index in [2.05, 4.69) is 41.7 Å². The molecular formula is C9H14BrNS2. The second-order valence-corrected chi connectivity index (χ2v) is 6.40. The molecule has 0 N–H and O–H groups in total. The molecule has 0 aromatic carbocycles. The first-order valence-corrected chi connectivity index (χ1v) is 7.25. The SMILES string of the molecule is Cc1nc(CSC(C)C)sc1CBr. The normalized spacial score (nSPS) is 11.2. The molecule has 1 rings (SSSR count). The van der Waals surface area contributed by atoms with Gasteiger partial charge in [0.05, 0.1) is 5.69 Å². The molecule has 0 amide bonds. The smallest absolute Gasteiger partial charge is 0.103 e. The van der Waals surface area contributed by atoms with Gasteiger partial charge in [0.15, 0.2) is 0 Å². The Labute approximate surface area is 96.5 Å². The first kappa shape index (κ1) is 11.5. The zero-order chi connectivity index (χ0) is 9.84. The first-order chi connectivity index (χ1) is 6.13. The van der Waals surface area contributed by atoms with Gasteiger partial charge in [-0.05, 0) is 12.2 Å². The number of halogens is 1. The largest absolute Gasteiger partial charge is 0.245 e. The molecule has 13 heavy (non-hydrogen) atoms. The molecule has 0 unspecified atom stereocenters. The quantitative estimate of drug-likeness (QED) is 0.773. The van der Waals surface area contributed by atoms with Crippen LogP contribution in [0.25, 0.3) is 0 Å². The lowest BCUT2D eigenvalue weighted by atomic mass is 10.4. The number of aromatic nitrogens is 1. The van der Waals surface area contributed by atoms with E-state index in [9.17, 15) is 0 Å². The van der Waals surface area contributed by atoms with E-state index in [0.717, 1.165) is 11.1 Å². The van der Waals surface area contributed by atoms with E-state index >= 15 is 0 Å². The second kappa shape index (κ2) is 5.37. The molecule has 1 heterocycles. The lowest BCUT2D eigenvalue weighted by molar-refractivity contribution is 1.10. The van der Waals surface area contributed by atoms with Crippen LogP contribution in [0.5, 0.6) is 0 Å². The Bertz CT molecular complexity index is 271. The number of hydrogen-bond acceptors (Lipinski definition) is 3. The summed E-state index contributed by atoms with van der Waals surface area (Å²) in [4.78, 5) is 5.88. The van der Waals surface area contributed by atoms with Crippen LogP contribution in [0.3, 0.4) is 0 Å². The fourth-order valence-electron chi connectivity index (χ4n) is 0.912. The topological polar surface area (TPSA) is 12.9 Å². The molecule has 0 saturated heterocycles. The van der Waals surface area contributed by atoms with Crippen molar-refractivity contribution < 1.29 is 0 Å². The predicted octanol–water partition coefficient (Wildman–Crippen LogP) is 3.99. The van der Waals surface area contributed by atoms with Gasteiger partial charge in [-0.3, -0.25) is 0 Å². The van der Waals surface area contributed by atoms with Gasteiger partial charge in [-0.1, -0.05) is 29.8 Å². The van der Waals surface area contributed by atoms with Crippen LogP contribution in [0.15, 0.2) is 0 Å². The highest BCUT2D eigenvalue weighted by atomic mass is 79.9. The Balaban J connectivity index is 2.57. The highest BCUT2D eigenvalue weighted by molar-refractivity contribution is 9.08. The third-order valence-corrected chi connectivity index (χ3v) is 4.98. The monoisotopic (exact) mass is 279 g/mol. The van der Waals surface area contributed by atoms with Crippen LogP contribution in [0.4, 0.5) is 0 Å². The van der Waals surface area contributed by atoms with Crippen molar-refractivity contribution in [2.45, 2.75) is 37.1 Å². The van der Waals surface area contributed by atoms with Gasteiger partial charge < -0.3 is 0 Å². The van der Waals surface area contributed by atoms with Crippen molar-refractivity contribution in [3.05, 3.63) is 15.6 Å². The van der Waals surface area contributed by atoms with Gasteiger partial charge in [-0.15, -0.1) is 11.3 Å². The molecule has 0 saturated carbocycles. The van der Waals surface area contributed by atoms with Crippen molar-refractivity contribution >= 4 is 39.0 Å². The lowest BCUT2D eigenvalue weighted by Crippen LogP contribution is -1.88. The summed E-state index contributed by atoms with van der Waals surface area (Å²) in [6.07, 6.45) is 0. The highest BCUT2D eigenvalue weighted by Gasteiger charge is 2.06. The summed E-state index contributed by atoms with van der Waals surface area (Å²) in [6, 6.07) is 0. The van der Waals surface area contributed by atoms with Gasteiger partial charge in [-0.2, -0.15) is 11.8 Å². The van der Waals surface area contributed by atoms with Crippen molar-refractivity contribution in [2.24, 2.45) is 0 Å². The second-order valence-electron chi connectivity index (χ2n) is 3.11. The number of hydrogen-bond donors (Lipinski definition) is 0. The van der Waals surface area contributed by atoms with E-state index in [0.29, 0.717) is 5.25 Å². The van der Waals surface area contributed by atoms with Crippen molar-refractivity contribution in [1.82, 2.24) is 4.98 Å². The predicted molar refractivity (Wildman–Crippen MR) is 65.9 cm³/mol. The maximum Gasteiger partial charge on any atom is 0.103 e. The molecule has 0 bridgehead atoms. The molecule has 0 aliphatic heterocycles. The Hall–Kier alpha value is 0.460. The third-order valence-electron chi connectivity index (χ3n) is 1.60. The maximum absolute atomic E-state index is 4.52. The summed E-state index contributed by atoms with van der Waals surface area (Å²) in [5.74, 6) is 1.05. The van der Waals surface area contributed by atoms with E-state index < -0.39 is 0 Å². The first-order valence-electron chi connectivity index (χ1n) is 4.26. The molecule has 74 valence electrons. The van der Waals surface area contributed by atoms with Crippen molar-refractivity contribution in [2.75, 3.05) is 0 Å². The average molecular weight is 280 g/mol. The number of rotatable bonds is 4. The summed E-state index contributed by atoms with van der Waals surface area (Å²) in [5.41, 5.74) is 1.18. The molecule has 1 aromatic rings. The number of alkyl halides is 1. The van der Waals surface area contributed by atoms with E-state index in [1.54, 1.807) is 0 Å². The van der Waals surface area contributed by atoms with E-state index in [1.807, 2.05) is 23.1 Å². The summed E-state index contributed by atoms with van der Waals surface area (Å²) >= 11 is 7.24. The van der Waals surface area contributed by atoms with Gasteiger partial charge in [0, 0.05) is 16.0 Å². The molecule has 1 aromatic heterocycles. The van der Waals surface area contributed by atoms with Gasteiger partial charge in [0.1, 0.15) is 5.01 Å². The Kier molecular flexibility index (Phi) is 4.76. The Morgan fingerprint density at radius 2 is 2.23 bits per heavy atom. The zero-order valence-corrected chi connectivity index (χ0v) is 11.4. The van der Waals surface area contributed by atoms with Gasteiger partial charge >= 0.3 is 0 Å². The zero-order valence-electron chi connectivity index (χ0n) is 8.13. The summed E-state index contributed by atoms with van der Waals surface area (Å²) in [7, 11) is 0. The molecular weight excluding hydrogens is 266 g/mol. The van der Waals surface area contributed by atoms with Crippen LogP contribution in [-0.2, 0) is 11.1 Å². The highest BCUT2D eigenvalue weighted by Crippen LogP contribution is 2.25. The van der Waals surface area contributed by atoms with Gasteiger partial charge in [-0.25, -0.2) is 4.98 Å². The van der Waals surface area contributed by atoms with Gasteiger partial charge in [0.25, 0.3) is 0 Å². The van der Waals surface area contributed by atoms with E-state index in [4.69, 9.17) is 0 Å². The number of nitrogens with zero attached hydrogens (tertiary/aromatic N) is 1. The van der Waals surface area contributed by atoms with Crippen LogP contribution in [0.1, 0.15) is 29.4 Å². The van der Waals surface area contributed by atoms with Crippen molar-refractivity contribution in [3.8, 4) is 0 Å². The van der Waals surface area contributed by atoms with Crippen LogP contribution >= 0.6 is 39.0 Å². The third kappa shape index (κ3) is 3.60. The molecule has 0 aliphatic rings. The minimum atomic E-state index is 0.691. The molecule has 0 spiro atoms. The van der Waals surface area contributed by atoms with Crippen LogP contribution in [0, 0.1) is 6.92 Å². The minimum Gasteiger partial charge on any atom is -0.245 e. The summed E-state index contributed by atoms with van der Waals surface area (Å²) in [5, 5.41) is 2.88. The standard InChI is InChI=1S/C9H14BrNS2/c1-6(2)12-5-9-11-7(3)8(4-10)13-9/h6H,4-5H2,1-3H3. The molecule has 0 radical (unpaired) electrons. The van der Waals surface area contributed by atoms with Crippen LogP contribution in [0.2, 0.25) is 0 Å². The Morgan fingerprint density at radius 1 is 1.54 bits per heavy atom. The summed E-state index contributed by atoms with van der Waals surface area (Å²) in [6.45, 7) is 6.52. The number of thioether (sulfide) groups is 1. The van der Waals surface area contributed by atoms with E-state index in [1.165, 1.54) is 15.6 Å². The number of aryl methyl sites for hydroxylation is 1. The number of thiazole rings is 1. The van der Waals surface area contributed by atoms with Crippen molar-refractivity contribution in [3.63, 3.8) is 0 Å². The van der Waals surface area contributed by atoms with Crippen LogP contribution in [-0.4, -0.2) is 10.2 Å². The molecule has 0 atom stereocenters. The fourth-order valence-corrected chi connectivity index (χ4v) is 3.36. The summed E-state index contributed by atoms with van der Waals surface area (Å²) < 4.78 is 0. The maximum atomic E-state index is 4.52. The minimum absolute atomic E-state index is 0.691. The lowest BCUT2D eigenvalue weighted by Gasteiger charge is -2.00. The van der Waals surface area contributed by atoms with Crippen molar-refractivity contribution in [1.29, 1.82) is 0 Å². The molecule has 1 nitrogen and oxygen atoms in total. The molecule has 0 fully saturated rings. The van der Waals surface area contributed by atoms with Gasteiger partial charge in [0.2, 0.25) is 0 Å². The Morgan fingerprint density at radius 3 is 2.69 bits per heavy atom. The average Bonchev–Trinajstić information content (AvgIpc) is 2.43. The van der Waals surface area contributed by atoms with E-state index in [-0.39, 0.29) is 0 Å².